The third kappa shape index (κ3) is 4.39. The van der Waals surface area contributed by atoms with E-state index < -0.39 is 32.3 Å². The van der Waals surface area contributed by atoms with Gasteiger partial charge in [0.05, 0.1) is 6.04 Å². The zero-order valence-corrected chi connectivity index (χ0v) is 17.8. The third-order valence-electron chi connectivity index (χ3n) is 5.65. The van der Waals surface area contributed by atoms with Crippen LogP contribution in [0.25, 0.3) is 0 Å². The molecule has 0 spiro atoms. The second kappa shape index (κ2) is 8.15. The Kier molecular flexibility index (Phi) is 5.68. The van der Waals surface area contributed by atoms with Crippen molar-refractivity contribution in [3.63, 3.8) is 0 Å². The lowest BCUT2D eigenvalue weighted by molar-refractivity contribution is -0.112. The molecule has 1 saturated heterocycles. The van der Waals surface area contributed by atoms with Gasteiger partial charge in [-0.1, -0.05) is 60.7 Å². The molecule has 1 heterocycles. The van der Waals surface area contributed by atoms with Gasteiger partial charge in [0, 0.05) is 25.4 Å². The summed E-state index contributed by atoms with van der Waals surface area (Å²) in [4.78, 5) is 1.97. The van der Waals surface area contributed by atoms with Crippen LogP contribution in [0.15, 0.2) is 78.9 Å². The minimum Gasteiger partial charge on any atom is -0.385 e. The third-order valence-corrected chi connectivity index (χ3v) is 7.22. The SMILES string of the molecule is CS(=O)(=O)C(c1cc(F)cc(F)c1)C1(O)CN(C(c2ccccc2)c2ccccc2)C1. The first-order chi connectivity index (χ1) is 14.7. The van der Waals surface area contributed by atoms with E-state index in [0.29, 0.717) is 6.07 Å². The van der Waals surface area contributed by atoms with Gasteiger partial charge < -0.3 is 5.11 Å². The van der Waals surface area contributed by atoms with Gasteiger partial charge in [-0.05, 0) is 28.8 Å². The summed E-state index contributed by atoms with van der Waals surface area (Å²) in [7, 11) is -3.86. The lowest BCUT2D eigenvalue weighted by Crippen LogP contribution is -2.66. The molecule has 162 valence electrons. The van der Waals surface area contributed by atoms with E-state index in [4.69, 9.17) is 0 Å². The Morgan fingerprint density at radius 2 is 1.29 bits per heavy atom. The molecule has 0 amide bonds. The van der Waals surface area contributed by atoms with Gasteiger partial charge in [-0.2, -0.15) is 0 Å². The molecule has 1 atom stereocenters. The van der Waals surface area contributed by atoms with Crippen LogP contribution in [-0.4, -0.2) is 43.4 Å². The molecule has 4 rings (SSSR count). The van der Waals surface area contributed by atoms with Crippen molar-refractivity contribution in [1.29, 1.82) is 0 Å². The highest BCUT2D eigenvalue weighted by Gasteiger charge is 2.54. The Labute approximate surface area is 180 Å². The second-order valence-corrected chi connectivity index (χ2v) is 10.3. The Balaban J connectivity index is 1.69. The standard InChI is InChI=1S/C24H23F2NO3S/c1-31(29,30)23(19-12-20(25)14-21(26)13-19)24(28)15-27(16-24)22(17-8-4-2-5-9-17)18-10-6-3-7-11-18/h2-14,22-23,28H,15-16H2,1H3. The molecule has 3 aromatic carbocycles. The molecule has 1 fully saturated rings. The maximum absolute atomic E-state index is 13.8. The Hall–Kier alpha value is -2.61. The summed E-state index contributed by atoms with van der Waals surface area (Å²) in [6, 6.07) is 21.9. The van der Waals surface area contributed by atoms with E-state index in [1.165, 1.54) is 0 Å². The zero-order chi connectivity index (χ0) is 22.2. The number of nitrogens with zero attached hydrogens (tertiary/aromatic N) is 1. The smallest absolute Gasteiger partial charge is 0.157 e. The van der Waals surface area contributed by atoms with Crippen LogP contribution >= 0.6 is 0 Å². The van der Waals surface area contributed by atoms with Gasteiger partial charge in [0.1, 0.15) is 22.5 Å². The number of aliphatic hydroxyl groups is 1. The van der Waals surface area contributed by atoms with E-state index in [-0.39, 0.29) is 24.7 Å². The van der Waals surface area contributed by atoms with Gasteiger partial charge in [-0.3, -0.25) is 4.90 Å². The van der Waals surface area contributed by atoms with Gasteiger partial charge in [0.15, 0.2) is 9.84 Å². The van der Waals surface area contributed by atoms with Crippen LogP contribution in [0.1, 0.15) is 28.0 Å². The molecule has 3 aromatic rings. The molecule has 31 heavy (non-hydrogen) atoms. The van der Waals surface area contributed by atoms with Gasteiger partial charge in [0.2, 0.25) is 0 Å². The second-order valence-electron chi connectivity index (χ2n) is 8.14. The molecule has 1 aliphatic rings. The molecular weight excluding hydrogens is 420 g/mol. The van der Waals surface area contributed by atoms with Crippen molar-refractivity contribution in [1.82, 2.24) is 4.90 Å². The number of β-amino-alcohol motifs (C(OH)–C–C–N with tert-alkyl or cyclic N) is 1. The molecule has 1 aliphatic heterocycles. The predicted molar refractivity (Wildman–Crippen MR) is 115 cm³/mol. The first-order valence-electron chi connectivity index (χ1n) is 9.88. The van der Waals surface area contributed by atoms with E-state index in [2.05, 4.69) is 0 Å². The maximum Gasteiger partial charge on any atom is 0.157 e. The minimum absolute atomic E-state index is 0.0390. The number of hydrogen-bond donors (Lipinski definition) is 1. The number of likely N-dealkylation sites (tertiary alicyclic amines) is 1. The highest BCUT2D eigenvalue weighted by molar-refractivity contribution is 7.91. The largest absolute Gasteiger partial charge is 0.385 e. The predicted octanol–water partition coefficient (Wildman–Crippen LogP) is 3.89. The van der Waals surface area contributed by atoms with Gasteiger partial charge in [0.25, 0.3) is 0 Å². The van der Waals surface area contributed by atoms with E-state index in [1.54, 1.807) is 0 Å². The summed E-state index contributed by atoms with van der Waals surface area (Å²) in [6.07, 6.45) is 0.979. The normalized spacial score (nSPS) is 17.3. The van der Waals surface area contributed by atoms with E-state index >= 15 is 0 Å². The molecule has 7 heteroatoms. The van der Waals surface area contributed by atoms with Crippen LogP contribution in [0.5, 0.6) is 0 Å². The summed E-state index contributed by atoms with van der Waals surface area (Å²) in [5.74, 6) is -1.76. The van der Waals surface area contributed by atoms with E-state index in [0.717, 1.165) is 29.5 Å². The number of hydrogen-bond acceptors (Lipinski definition) is 4. The minimum atomic E-state index is -3.86. The van der Waals surface area contributed by atoms with Crippen molar-refractivity contribution in [3.8, 4) is 0 Å². The van der Waals surface area contributed by atoms with Crippen LogP contribution in [0.3, 0.4) is 0 Å². The van der Waals surface area contributed by atoms with Gasteiger partial charge in [-0.15, -0.1) is 0 Å². The Morgan fingerprint density at radius 1 is 0.839 bits per heavy atom. The molecule has 1 unspecified atom stereocenters. The van der Waals surface area contributed by atoms with Crippen molar-refractivity contribution in [2.75, 3.05) is 19.3 Å². The summed E-state index contributed by atoms with van der Waals surface area (Å²) in [5.41, 5.74) is 0.250. The van der Waals surface area contributed by atoms with Crippen LogP contribution in [0.2, 0.25) is 0 Å². The molecule has 0 aromatic heterocycles. The number of benzene rings is 3. The lowest BCUT2D eigenvalue weighted by atomic mass is 9.82. The average Bonchev–Trinajstić information content (AvgIpc) is 2.67. The maximum atomic E-state index is 13.8. The highest BCUT2D eigenvalue weighted by Crippen LogP contribution is 2.44. The Bertz CT molecular complexity index is 1100. The highest BCUT2D eigenvalue weighted by atomic mass is 32.2. The van der Waals surface area contributed by atoms with Crippen LogP contribution in [0, 0.1) is 11.6 Å². The van der Waals surface area contributed by atoms with Gasteiger partial charge >= 0.3 is 0 Å². The molecule has 0 aliphatic carbocycles. The van der Waals surface area contributed by atoms with Crippen molar-refractivity contribution >= 4 is 9.84 Å². The Morgan fingerprint density at radius 3 is 1.71 bits per heavy atom. The van der Waals surface area contributed by atoms with Crippen molar-refractivity contribution in [3.05, 3.63) is 107 Å². The van der Waals surface area contributed by atoms with Crippen molar-refractivity contribution < 1.29 is 22.3 Å². The van der Waals surface area contributed by atoms with Crippen molar-refractivity contribution in [2.24, 2.45) is 0 Å². The number of sulfone groups is 1. The quantitative estimate of drug-likeness (QED) is 0.628. The number of halogens is 2. The first kappa shape index (κ1) is 21.6. The fraction of sp³-hybridized carbons (Fsp3) is 0.250. The first-order valence-corrected chi connectivity index (χ1v) is 11.8. The molecule has 4 nitrogen and oxygen atoms in total. The summed E-state index contributed by atoms with van der Waals surface area (Å²) < 4.78 is 52.8. The topological polar surface area (TPSA) is 57.6 Å². The lowest BCUT2D eigenvalue weighted by Gasteiger charge is -2.53. The molecule has 0 bridgehead atoms. The summed E-state index contributed by atoms with van der Waals surface area (Å²) in [5, 5.41) is 9.85. The van der Waals surface area contributed by atoms with E-state index in [1.807, 2.05) is 65.6 Å². The van der Waals surface area contributed by atoms with Crippen LogP contribution in [0.4, 0.5) is 8.78 Å². The van der Waals surface area contributed by atoms with Crippen molar-refractivity contribution in [2.45, 2.75) is 16.9 Å². The molecular formula is C24H23F2NO3S. The fourth-order valence-electron chi connectivity index (χ4n) is 4.57. The molecule has 0 radical (unpaired) electrons. The van der Waals surface area contributed by atoms with Gasteiger partial charge in [-0.25, -0.2) is 17.2 Å². The summed E-state index contributed by atoms with van der Waals surface area (Å²) in [6.45, 7) is 0.0780. The van der Waals surface area contributed by atoms with E-state index in [9.17, 15) is 22.3 Å². The molecule has 0 saturated carbocycles. The van der Waals surface area contributed by atoms with Crippen LogP contribution in [-0.2, 0) is 9.84 Å². The fourth-order valence-corrected chi connectivity index (χ4v) is 6.15. The van der Waals surface area contributed by atoms with Crippen LogP contribution < -0.4 is 0 Å². The average molecular weight is 444 g/mol. The zero-order valence-electron chi connectivity index (χ0n) is 16.9. The summed E-state index contributed by atoms with van der Waals surface area (Å²) >= 11 is 0. The number of rotatable bonds is 6. The molecule has 1 N–H and O–H groups in total. The monoisotopic (exact) mass is 443 g/mol.